The van der Waals surface area contributed by atoms with Crippen molar-refractivity contribution in [2.45, 2.75) is 0 Å². The molecule has 0 aliphatic carbocycles. The number of ketones is 1. The van der Waals surface area contributed by atoms with Crippen LogP contribution in [0.2, 0.25) is 0 Å². The number of carbonyl (C=O) groups excluding carboxylic acids is 1. The van der Waals surface area contributed by atoms with Crippen molar-refractivity contribution < 1.29 is 19.2 Å². The number of allylic oxidation sites excluding steroid dienone is 1. The second-order valence-corrected chi connectivity index (χ2v) is 5.59. The predicted molar refractivity (Wildman–Crippen MR) is 93.7 cm³/mol. The lowest BCUT2D eigenvalue weighted by molar-refractivity contribution is -0.384. The van der Waals surface area contributed by atoms with Gasteiger partial charge in [-0.25, -0.2) is 0 Å². The zero-order valence-corrected chi connectivity index (χ0v) is 14.6. The van der Waals surface area contributed by atoms with Crippen LogP contribution in [0.25, 0.3) is 6.08 Å². The molecular formula is C17H14BrNO5. The molecular weight excluding hydrogens is 378 g/mol. The Labute approximate surface area is 147 Å². The number of hydrogen-bond acceptors (Lipinski definition) is 5. The molecule has 0 aliphatic rings. The van der Waals surface area contributed by atoms with Crippen LogP contribution in [0.3, 0.4) is 0 Å². The number of nitrogens with zero attached hydrogens (tertiary/aromatic N) is 1. The van der Waals surface area contributed by atoms with E-state index >= 15 is 0 Å². The number of halogens is 1. The van der Waals surface area contributed by atoms with Crippen LogP contribution in [0.4, 0.5) is 5.69 Å². The Morgan fingerprint density at radius 2 is 1.83 bits per heavy atom. The highest BCUT2D eigenvalue weighted by Gasteiger charge is 2.14. The molecule has 24 heavy (non-hydrogen) atoms. The van der Waals surface area contributed by atoms with E-state index in [0.717, 1.165) is 0 Å². The lowest BCUT2D eigenvalue weighted by Crippen LogP contribution is -1.99. The Hall–Kier alpha value is -2.67. The molecule has 0 saturated heterocycles. The number of non-ortho nitro benzene ring substituents is 1. The van der Waals surface area contributed by atoms with Crippen molar-refractivity contribution in [1.82, 2.24) is 0 Å². The van der Waals surface area contributed by atoms with E-state index < -0.39 is 4.92 Å². The Bertz CT molecular complexity index is 817. The number of benzene rings is 2. The molecule has 0 spiro atoms. The van der Waals surface area contributed by atoms with Crippen LogP contribution in [-0.4, -0.2) is 24.9 Å². The highest BCUT2D eigenvalue weighted by molar-refractivity contribution is 9.10. The van der Waals surface area contributed by atoms with Gasteiger partial charge in [-0.1, -0.05) is 18.2 Å². The summed E-state index contributed by atoms with van der Waals surface area (Å²) in [5, 5.41) is 10.8. The second-order valence-electron chi connectivity index (χ2n) is 4.74. The molecule has 0 N–H and O–H groups in total. The maximum atomic E-state index is 12.4. The normalized spacial score (nSPS) is 10.6. The van der Waals surface area contributed by atoms with Gasteiger partial charge in [-0.05, 0) is 39.7 Å². The third-order valence-electron chi connectivity index (χ3n) is 3.25. The minimum atomic E-state index is -0.482. The zero-order valence-electron chi connectivity index (χ0n) is 13.0. The van der Waals surface area contributed by atoms with Crippen molar-refractivity contribution in [3.63, 3.8) is 0 Å². The number of ether oxygens (including phenoxy) is 2. The van der Waals surface area contributed by atoms with Gasteiger partial charge < -0.3 is 9.47 Å². The van der Waals surface area contributed by atoms with Gasteiger partial charge in [-0.2, -0.15) is 0 Å². The quantitative estimate of drug-likeness (QED) is 0.318. The molecule has 0 aromatic heterocycles. The highest BCUT2D eigenvalue weighted by atomic mass is 79.9. The molecule has 0 aliphatic heterocycles. The smallest absolute Gasteiger partial charge is 0.270 e. The van der Waals surface area contributed by atoms with Crippen molar-refractivity contribution in [2.75, 3.05) is 14.2 Å². The summed E-state index contributed by atoms with van der Waals surface area (Å²) in [4.78, 5) is 22.7. The lowest BCUT2D eigenvalue weighted by Gasteiger charge is -2.10. The van der Waals surface area contributed by atoms with Crippen molar-refractivity contribution in [3.05, 3.63) is 68.2 Å². The van der Waals surface area contributed by atoms with E-state index in [0.29, 0.717) is 27.1 Å². The topological polar surface area (TPSA) is 78.7 Å². The fourth-order valence-electron chi connectivity index (χ4n) is 2.05. The Morgan fingerprint density at radius 1 is 1.17 bits per heavy atom. The van der Waals surface area contributed by atoms with Gasteiger partial charge in [0.25, 0.3) is 5.69 Å². The van der Waals surface area contributed by atoms with Crippen LogP contribution < -0.4 is 9.47 Å². The molecule has 0 amide bonds. The van der Waals surface area contributed by atoms with E-state index in [4.69, 9.17) is 9.47 Å². The molecule has 2 rings (SSSR count). The fraction of sp³-hybridized carbons (Fsp3) is 0.118. The standard InChI is InChI=1S/C17H14BrNO5/c1-23-16-9-13(14(18)10-17(16)24-2)15(20)7-6-11-4-3-5-12(8-11)19(21)22/h3-10H,1-2H3/b7-6+. The molecule has 2 aromatic carbocycles. The summed E-state index contributed by atoms with van der Waals surface area (Å²) in [6.07, 6.45) is 2.88. The van der Waals surface area contributed by atoms with E-state index in [1.807, 2.05) is 0 Å². The van der Waals surface area contributed by atoms with Crippen LogP contribution in [0, 0.1) is 10.1 Å². The number of nitro benzene ring substituents is 1. The van der Waals surface area contributed by atoms with Crippen LogP contribution in [0.15, 0.2) is 46.9 Å². The largest absolute Gasteiger partial charge is 0.493 e. The summed E-state index contributed by atoms with van der Waals surface area (Å²) in [7, 11) is 2.99. The molecule has 0 unspecified atom stereocenters. The van der Waals surface area contributed by atoms with Crippen LogP contribution in [-0.2, 0) is 0 Å². The average molecular weight is 392 g/mol. The molecule has 7 heteroatoms. The number of methoxy groups -OCH3 is 2. The van der Waals surface area contributed by atoms with Gasteiger partial charge in [-0.15, -0.1) is 0 Å². The number of nitro groups is 1. The average Bonchev–Trinajstić information content (AvgIpc) is 2.59. The molecule has 6 nitrogen and oxygen atoms in total. The molecule has 0 radical (unpaired) electrons. The minimum absolute atomic E-state index is 0.0307. The van der Waals surface area contributed by atoms with E-state index in [1.54, 1.807) is 24.3 Å². The Morgan fingerprint density at radius 3 is 2.46 bits per heavy atom. The first-order valence-electron chi connectivity index (χ1n) is 6.84. The predicted octanol–water partition coefficient (Wildman–Crippen LogP) is 4.27. The molecule has 0 saturated carbocycles. The van der Waals surface area contributed by atoms with E-state index in [2.05, 4.69) is 15.9 Å². The molecule has 124 valence electrons. The Kier molecular flexibility index (Phi) is 5.70. The first-order valence-corrected chi connectivity index (χ1v) is 7.64. The monoisotopic (exact) mass is 391 g/mol. The molecule has 0 heterocycles. The van der Waals surface area contributed by atoms with Gasteiger partial charge in [0.2, 0.25) is 0 Å². The van der Waals surface area contributed by atoms with Crippen LogP contribution in [0.1, 0.15) is 15.9 Å². The van der Waals surface area contributed by atoms with Gasteiger partial charge in [-0.3, -0.25) is 14.9 Å². The number of hydrogen-bond donors (Lipinski definition) is 0. The SMILES string of the molecule is COc1cc(Br)c(C(=O)/C=C/c2cccc([N+](=O)[O-])c2)cc1OC. The maximum absolute atomic E-state index is 12.4. The fourth-order valence-corrected chi connectivity index (χ4v) is 2.56. The van der Waals surface area contributed by atoms with Crippen molar-refractivity contribution in [3.8, 4) is 11.5 Å². The third-order valence-corrected chi connectivity index (χ3v) is 3.90. The summed E-state index contributed by atoms with van der Waals surface area (Å²) in [6, 6.07) is 9.25. The molecule has 0 fully saturated rings. The summed E-state index contributed by atoms with van der Waals surface area (Å²) in [5.74, 6) is 0.672. The van der Waals surface area contributed by atoms with Crippen molar-refractivity contribution in [1.29, 1.82) is 0 Å². The highest BCUT2D eigenvalue weighted by Crippen LogP contribution is 2.33. The summed E-state index contributed by atoms with van der Waals surface area (Å²) < 4.78 is 10.9. The van der Waals surface area contributed by atoms with Gasteiger partial charge in [0.1, 0.15) is 0 Å². The molecule has 0 atom stereocenters. The van der Waals surface area contributed by atoms with E-state index in [9.17, 15) is 14.9 Å². The van der Waals surface area contributed by atoms with Gasteiger partial charge in [0.05, 0.1) is 19.1 Å². The Balaban J connectivity index is 2.29. The summed E-state index contributed by atoms with van der Waals surface area (Å²) >= 11 is 3.33. The first-order chi connectivity index (χ1) is 11.5. The van der Waals surface area contributed by atoms with Crippen LogP contribution >= 0.6 is 15.9 Å². The number of carbonyl (C=O) groups is 1. The first kappa shape index (κ1) is 17.7. The van der Waals surface area contributed by atoms with E-state index in [-0.39, 0.29) is 11.5 Å². The van der Waals surface area contributed by atoms with Gasteiger partial charge in [0.15, 0.2) is 17.3 Å². The molecule has 2 aromatic rings. The summed E-state index contributed by atoms with van der Waals surface area (Å²) in [6.45, 7) is 0. The summed E-state index contributed by atoms with van der Waals surface area (Å²) in [5.41, 5.74) is 0.931. The zero-order chi connectivity index (χ0) is 17.7. The maximum Gasteiger partial charge on any atom is 0.270 e. The number of rotatable bonds is 6. The van der Waals surface area contributed by atoms with Gasteiger partial charge in [0, 0.05) is 22.2 Å². The van der Waals surface area contributed by atoms with E-state index in [1.165, 1.54) is 38.5 Å². The van der Waals surface area contributed by atoms with Crippen molar-refractivity contribution >= 4 is 33.5 Å². The van der Waals surface area contributed by atoms with Crippen molar-refractivity contribution in [2.24, 2.45) is 0 Å². The molecule has 0 bridgehead atoms. The second kappa shape index (κ2) is 7.74. The third kappa shape index (κ3) is 3.99. The minimum Gasteiger partial charge on any atom is -0.493 e. The lowest BCUT2D eigenvalue weighted by atomic mass is 10.1. The van der Waals surface area contributed by atoms with Crippen LogP contribution in [0.5, 0.6) is 11.5 Å². The van der Waals surface area contributed by atoms with Gasteiger partial charge >= 0.3 is 0 Å².